The maximum absolute atomic E-state index is 2.47. The van der Waals surface area contributed by atoms with Gasteiger partial charge in [-0.2, -0.15) is 0 Å². The fourth-order valence-corrected chi connectivity index (χ4v) is 8.71. The number of hydrogen-bond donors (Lipinski definition) is 0. The lowest BCUT2D eigenvalue weighted by atomic mass is 9.79. The Labute approximate surface area is 305 Å². The fourth-order valence-electron chi connectivity index (χ4n) is 8.71. The first-order valence-electron chi connectivity index (χ1n) is 18.4. The molecule has 0 fully saturated rings. The largest absolute Gasteiger partial charge is 0.309 e. The average Bonchev–Trinajstić information content (AvgIpc) is 3.46. The molecule has 0 saturated heterocycles. The van der Waals surface area contributed by atoms with Crippen LogP contribution in [-0.4, -0.2) is 4.57 Å². The van der Waals surface area contributed by atoms with E-state index in [0.29, 0.717) is 0 Å². The first kappa shape index (κ1) is 30.4. The molecule has 1 aliphatic carbocycles. The normalized spacial score (nSPS) is 13.8. The van der Waals surface area contributed by atoms with E-state index in [1.54, 1.807) is 0 Å². The topological polar surface area (TPSA) is 4.93 Å². The van der Waals surface area contributed by atoms with Crippen LogP contribution in [0, 0.1) is 0 Å². The van der Waals surface area contributed by atoms with Gasteiger partial charge >= 0.3 is 0 Å². The van der Waals surface area contributed by atoms with Crippen molar-refractivity contribution in [3.63, 3.8) is 0 Å². The zero-order valence-electron chi connectivity index (χ0n) is 28.9. The van der Waals surface area contributed by atoms with Gasteiger partial charge < -0.3 is 4.57 Å². The summed E-state index contributed by atoms with van der Waals surface area (Å²) in [6, 6.07) is 71.6. The zero-order valence-corrected chi connectivity index (χ0v) is 28.9. The van der Waals surface area contributed by atoms with E-state index in [0.717, 1.165) is 12.8 Å². The third-order valence-electron chi connectivity index (χ3n) is 11.1. The Kier molecular flexibility index (Phi) is 7.43. The molecule has 0 amide bonds. The van der Waals surface area contributed by atoms with Gasteiger partial charge in [0.05, 0.1) is 11.0 Å². The number of fused-ring (bicyclic) bond motifs is 6. The molecule has 0 radical (unpaired) electrons. The minimum absolute atomic E-state index is 0.238. The molecule has 0 saturated carbocycles. The summed E-state index contributed by atoms with van der Waals surface area (Å²) in [5.41, 5.74) is 18.2. The Morgan fingerprint density at radius 1 is 0.385 bits per heavy atom. The van der Waals surface area contributed by atoms with Gasteiger partial charge in [-0.15, -0.1) is 0 Å². The summed E-state index contributed by atoms with van der Waals surface area (Å²) in [7, 11) is 0. The smallest absolute Gasteiger partial charge is 0.0541 e. The zero-order chi connectivity index (χ0) is 34.4. The van der Waals surface area contributed by atoms with Gasteiger partial charge in [0, 0.05) is 22.4 Å². The molecular formula is C51H37N. The summed E-state index contributed by atoms with van der Waals surface area (Å²) in [4.78, 5) is 0. The number of rotatable bonds is 5. The highest BCUT2D eigenvalue weighted by Gasteiger charge is 2.27. The number of aryl methyl sites for hydroxylation is 1. The first-order chi connectivity index (χ1) is 25.8. The van der Waals surface area contributed by atoms with Crippen LogP contribution in [0.1, 0.15) is 29.0 Å². The minimum atomic E-state index is 0.238. The van der Waals surface area contributed by atoms with Crippen molar-refractivity contribution in [2.45, 2.75) is 18.8 Å². The number of hydrogen-bond acceptors (Lipinski definition) is 0. The molecule has 1 aromatic heterocycles. The van der Waals surface area contributed by atoms with E-state index < -0.39 is 0 Å². The lowest BCUT2D eigenvalue weighted by molar-refractivity contribution is 0.727. The van der Waals surface area contributed by atoms with Crippen LogP contribution in [0.3, 0.4) is 0 Å². The molecule has 52 heavy (non-hydrogen) atoms. The Morgan fingerprint density at radius 2 is 1.02 bits per heavy atom. The predicted octanol–water partition coefficient (Wildman–Crippen LogP) is 13.5. The molecule has 1 heterocycles. The van der Waals surface area contributed by atoms with E-state index in [-0.39, 0.29) is 5.92 Å². The number of benzene rings is 8. The van der Waals surface area contributed by atoms with Crippen molar-refractivity contribution in [2.24, 2.45) is 0 Å². The van der Waals surface area contributed by atoms with E-state index in [9.17, 15) is 0 Å². The van der Waals surface area contributed by atoms with Crippen molar-refractivity contribution in [3.8, 4) is 50.2 Å². The number of aromatic nitrogens is 1. The molecule has 0 N–H and O–H groups in total. The maximum Gasteiger partial charge on any atom is 0.0541 e. The van der Waals surface area contributed by atoms with Crippen LogP contribution in [0.15, 0.2) is 194 Å². The molecule has 1 heteroatoms. The Bertz CT molecular complexity index is 2720. The Balaban J connectivity index is 1.16. The average molecular weight is 664 g/mol. The van der Waals surface area contributed by atoms with Crippen molar-refractivity contribution >= 4 is 21.8 Å². The van der Waals surface area contributed by atoms with Gasteiger partial charge in [0.15, 0.2) is 0 Å². The molecule has 1 atom stereocenters. The van der Waals surface area contributed by atoms with E-state index in [1.807, 2.05) is 0 Å². The third kappa shape index (κ3) is 5.09. The van der Waals surface area contributed by atoms with Crippen molar-refractivity contribution < 1.29 is 0 Å². The number of para-hydroxylation sites is 2. The van der Waals surface area contributed by atoms with Crippen molar-refractivity contribution in [3.05, 3.63) is 211 Å². The molecule has 1 aliphatic rings. The molecule has 0 bridgehead atoms. The van der Waals surface area contributed by atoms with Gasteiger partial charge in [0.25, 0.3) is 0 Å². The maximum atomic E-state index is 2.47. The molecular weight excluding hydrogens is 627 g/mol. The monoisotopic (exact) mass is 663 g/mol. The summed E-state index contributed by atoms with van der Waals surface area (Å²) >= 11 is 0. The highest BCUT2D eigenvalue weighted by atomic mass is 15.0. The number of nitrogens with zero attached hydrogens (tertiary/aromatic N) is 1. The van der Waals surface area contributed by atoms with Crippen molar-refractivity contribution in [1.29, 1.82) is 0 Å². The molecule has 8 aromatic carbocycles. The van der Waals surface area contributed by atoms with Crippen LogP contribution in [0.5, 0.6) is 0 Å². The summed E-state index contributed by atoms with van der Waals surface area (Å²) < 4.78 is 2.39. The summed E-state index contributed by atoms with van der Waals surface area (Å²) in [5, 5.41) is 2.55. The van der Waals surface area contributed by atoms with Gasteiger partial charge in [-0.1, -0.05) is 158 Å². The molecule has 1 nitrogen and oxygen atoms in total. The van der Waals surface area contributed by atoms with Crippen molar-refractivity contribution in [2.75, 3.05) is 0 Å². The predicted molar refractivity (Wildman–Crippen MR) is 219 cm³/mol. The quantitative estimate of drug-likeness (QED) is 0.173. The van der Waals surface area contributed by atoms with Crippen LogP contribution < -0.4 is 0 Å². The second-order valence-corrected chi connectivity index (χ2v) is 14.0. The lowest BCUT2D eigenvalue weighted by Gasteiger charge is -2.24. The molecule has 10 rings (SSSR count). The molecule has 0 spiro atoms. The summed E-state index contributed by atoms with van der Waals surface area (Å²) in [5.74, 6) is 0.238. The standard InChI is InChI=1S/C51H37N/c1-4-15-35(16-5-1)42-24-14-25-46(51(42)37-18-6-2-7-19-37)43-30-27-36-17-10-11-22-41(36)47-33-38(28-31-44(43)47)39-29-32-50-48(34-39)45-23-12-13-26-49(45)52(50)40-20-8-3-9-21-40/h1-26,28-29,31-34,43H,27,30H2. The highest BCUT2D eigenvalue weighted by molar-refractivity contribution is 6.10. The molecule has 9 aromatic rings. The van der Waals surface area contributed by atoms with Gasteiger partial charge in [-0.3, -0.25) is 0 Å². The van der Waals surface area contributed by atoms with Crippen molar-refractivity contribution in [1.82, 2.24) is 4.57 Å². The highest BCUT2D eigenvalue weighted by Crippen LogP contribution is 2.47. The summed E-state index contributed by atoms with van der Waals surface area (Å²) in [6.07, 6.45) is 2.08. The molecule has 246 valence electrons. The third-order valence-corrected chi connectivity index (χ3v) is 11.1. The first-order valence-corrected chi connectivity index (χ1v) is 18.4. The fraction of sp³-hybridized carbons (Fsp3) is 0.0588. The minimum Gasteiger partial charge on any atom is -0.309 e. The van der Waals surface area contributed by atoms with E-state index >= 15 is 0 Å². The van der Waals surface area contributed by atoms with E-state index in [4.69, 9.17) is 0 Å². The van der Waals surface area contributed by atoms with Gasteiger partial charge in [0.2, 0.25) is 0 Å². The second-order valence-electron chi connectivity index (χ2n) is 14.0. The van der Waals surface area contributed by atoms with E-state index in [1.165, 1.54) is 88.7 Å². The Morgan fingerprint density at radius 3 is 1.85 bits per heavy atom. The second kappa shape index (κ2) is 12.7. The van der Waals surface area contributed by atoms with Crippen LogP contribution in [-0.2, 0) is 6.42 Å². The summed E-state index contributed by atoms with van der Waals surface area (Å²) in [6.45, 7) is 0. The van der Waals surface area contributed by atoms with Gasteiger partial charge in [-0.05, 0) is 110 Å². The lowest BCUT2D eigenvalue weighted by Crippen LogP contribution is -2.05. The Hall–Kier alpha value is -6.44. The molecule has 1 unspecified atom stereocenters. The van der Waals surface area contributed by atoms with E-state index in [2.05, 4.69) is 199 Å². The van der Waals surface area contributed by atoms with Crippen LogP contribution >= 0.6 is 0 Å². The van der Waals surface area contributed by atoms with Gasteiger partial charge in [0.1, 0.15) is 0 Å². The molecule has 0 aliphatic heterocycles. The SMILES string of the molecule is c1ccc(-c2cccc(C3CCc4ccccc4-c4cc(-c5ccc6c(c5)c5ccccc5n6-c5ccccc5)ccc43)c2-c2ccccc2)cc1. The van der Waals surface area contributed by atoms with Crippen LogP contribution in [0.25, 0.3) is 72.0 Å². The van der Waals surface area contributed by atoms with Crippen LogP contribution in [0.2, 0.25) is 0 Å². The van der Waals surface area contributed by atoms with Gasteiger partial charge in [-0.25, -0.2) is 0 Å². The van der Waals surface area contributed by atoms with Crippen LogP contribution in [0.4, 0.5) is 0 Å².